The van der Waals surface area contributed by atoms with Gasteiger partial charge in [0.15, 0.2) is 5.78 Å². The molecule has 0 spiro atoms. The monoisotopic (exact) mass is 537 g/mol. The molecule has 0 aromatic heterocycles. The van der Waals surface area contributed by atoms with E-state index in [0.29, 0.717) is 36.0 Å². The first-order valence-electron chi connectivity index (χ1n) is 9.79. The van der Waals surface area contributed by atoms with Gasteiger partial charge in [-0.1, -0.05) is 11.8 Å². The van der Waals surface area contributed by atoms with Crippen LogP contribution in [-0.4, -0.2) is 39.7 Å². The minimum atomic E-state index is -4.82. The number of ketones is 1. The largest absolute Gasteiger partial charge is 0.507 e. The van der Waals surface area contributed by atoms with Gasteiger partial charge in [0.2, 0.25) is 11.0 Å². The maximum atomic E-state index is 13.1. The van der Waals surface area contributed by atoms with Crippen LogP contribution in [0.3, 0.4) is 0 Å². The smallest absolute Gasteiger partial charge is 0.416 e. The van der Waals surface area contributed by atoms with Gasteiger partial charge in [-0.3, -0.25) is 14.4 Å². The molecular weight excluding hydrogens is 520 g/mol. The number of rotatable bonds is 7. The molecule has 0 aliphatic heterocycles. The fourth-order valence-corrected chi connectivity index (χ4v) is 3.65. The number of benzene rings is 2. The Morgan fingerprint density at radius 2 is 1.44 bits per heavy atom. The van der Waals surface area contributed by atoms with Crippen molar-refractivity contribution in [1.82, 2.24) is 5.32 Å². The number of esters is 1. The highest BCUT2D eigenvalue weighted by molar-refractivity contribution is 8.14. The summed E-state index contributed by atoms with van der Waals surface area (Å²) < 4.78 is 82.3. The van der Waals surface area contributed by atoms with Gasteiger partial charge in [-0.15, -0.1) is 0 Å². The van der Waals surface area contributed by atoms with Gasteiger partial charge < -0.3 is 15.2 Å². The molecule has 0 aliphatic rings. The van der Waals surface area contributed by atoms with E-state index in [1.54, 1.807) is 0 Å². The third kappa shape index (κ3) is 7.47. The summed E-state index contributed by atoms with van der Waals surface area (Å²) in [7, 11) is 0. The van der Waals surface area contributed by atoms with Crippen molar-refractivity contribution in [3.05, 3.63) is 58.7 Å². The van der Waals surface area contributed by atoms with Crippen molar-refractivity contribution in [2.24, 2.45) is 0 Å². The molecule has 0 saturated carbocycles. The second kappa shape index (κ2) is 11.0. The number of phenolic OH excluding ortho intramolecular Hbond substituents is 1. The molecule has 0 fully saturated rings. The number of amides is 1. The first kappa shape index (κ1) is 28.7. The minimum absolute atomic E-state index is 0.321. The highest BCUT2D eigenvalue weighted by Crippen LogP contribution is 2.35. The molecule has 1 amide bonds. The number of Topliss-reactive ketones (excluding diaryl/α,β-unsaturated/α-hetero) is 1. The summed E-state index contributed by atoms with van der Waals surface area (Å²) in [5.41, 5.74) is -3.28. The molecule has 2 rings (SSSR count). The van der Waals surface area contributed by atoms with E-state index >= 15 is 0 Å². The Labute approximate surface area is 203 Å². The predicted molar refractivity (Wildman–Crippen MR) is 115 cm³/mol. The van der Waals surface area contributed by atoms with Crippen molar-refractivity contribution in [1.29, 1.82) is 0 Å². The number of phenols is 1. The fraction of sp³-hybridized carbons (Fsp3) is 0.273. The molecule has 1 atom stereocenters. The second-order valence-electron chi connectivity index (χ2n) is 7.27. The molecule has 2 N–H and O–H groups in total. The van der Waals surface area contributed by atoms with Crippen molar-refractivity contribution < 1.29 is 55.4 Å². The average molecular weight is 537 g/mol. The lowest BCUT2D eigenvalue weighted by molar-refractivity contribution is -0.140. The quantitative estimate of drug-likeness (QED) is 0.230. The van der Waals surface area contributed by atoms with Gasteiger partial charge >= 0.3 is 18.3 Å². The zero-order chi connectivity index (χ0) is 27.4. The Bertz CT molecular complexity index is 1190. The van der Waals surface area contributed by atoms with Crippen LogP contribution < -0.4 is 10.1 Å². The number of carbonyl (C=O) groups excluding carboxylic acids is 4. The van der Waals surface area contributed by atoms with E-state index in [9.17, 15) is 50.6 Å². The van der Waals surface area contributed by atoms with Crippen molar-refractivity contribution in [3.63, 3.8) is 0 Å². The van der Waals surface area contributed by atoms with E-state index < -0.39 is 75.1 Å². The number of hydrogen-bond acceptors (Lipinski definition) is 7. The number of alkyl halides is 6. The molecule has 14 heteroatoms. The van der Waals surface area contributed by atoms with E-state index in [1.807, 2.05) is 0 Å². The van der Waals surface area contributed by atoms with Crippen LogP contribution in [0.5, 0.6) is 11.5 Å². The summed E-state index contributed by atoms with van der Waals surface area (Å²) in [4.78, 5) is 48.3. The van der Waals surface area contributed by atoms with Crippen molar-refractivity contribution in [3.8, 4) is 11.5 Å². The van der Waals surface area contributed by atoms with E-state index in [2.05, 4.69) is 5.32 Å². The first-order chi connectivity index (χ1) is 16.5. The number of hydrogen-bond donors (Lipinski definition) is 2. The van der Waals surface area contributed by atoms with Gasteiger partial charge in [-0.2, -0.15) is 26.3 Å². The Morgan fingerprint density at radius 3 is 1.92 bits per heavy atom. The molecule has 0 heterocycles. The van der Waals surface area contributed by atoms with Gasteiger partial charge in [-0.05, 0) is 43.3 Å². The maximum absolute atomic E-state index is 13.1. The minimum Gasteiger partial charge on any atom is -0.507 e. The van der Waals surface area contributed by atoms with Crippen molar-refractivity contribution >= 4 is 34.5 Å². The third-order valence-corrected chi connectivity index (χ3v) is 5.47. The molecule has 194 valence electrons. The van der Waals surface area contributed by atoms with Gasteiger partial charge in [0.25, 0.3) is 0 Å². The number of carbonyl (C=O) groups is 4. The SMILES string of the molecule is CC(=O)N[C@H](CSC(=O)c1ccc(C(F)(F)F)cc1O)C(=O)Oc1cc(C(F)(F)F)ccc1C(C)=O. The number of nitrogens with one attached hydrogen (secondary N) is 1. The lowest BCUT2D eigenvalue weighted by atomic mass is 10.1. The van der Waals surface area contributed by atoms with Crippen LogP contribution in [0.2, 0.25) is 0 Å². The number of halogens is 6. The molecule has 0 saturated heterocycles. The molecule has 2 aromatic rings. The first-order valence-corrected chi connectivity index (χ1v) is 10.8. The van der Waals surface area contributed by atoms with Gasteiger partial charge in [-0.25, -0.2) is 4.79 Å². The summed E-state index contributed by atoms with van der Waals surface area (Å²) in [6.07, 6.45) is -9.59. The Morgan fingerprint density at radius 1 is 0.917 bits per heavy atom. The van der Waals surface area contributed by atoms with E-state index in [1.165, 1.54) is 0 Å². The van der Waals surface area contributed by atoms with Crippen LogP contribution in [0, 0.1) is 0 Å². The average Bonchev–Trinajstić information content (AvgIpc) is 2.74. The van der Waals surface area contributed by atoms with Crippen LogP contribution in [0.1, 0.15) is 45.7 Å². The Kier molecular flexibility index (Phi) is 8.78. The lowest BCUT2D eigenvalue weighted by Gasteiger charge is -2.18. The highest BCUT2D eigenvalue weighted by Gasteiger charge is 2.34. The molecule has 2 aromatic carbocycles. The van der Waals surface area contributed by atoms with Gasteiger partial charge in [0, 0.05) is 12.7 Å². The van der Waals surface area contributed by atoms with Crippen LogP contribution in [-0.2, 0) is 21.9 Å². The summed E-state index contributed by atoms with van der Waals surface area (Å²) in [5.74, 6) is -5.08. The molecule has 0 bridgehead atoms. The fourth-order valence-electron chi connectivity index (χ4n) is 2.78. The Hall–Kier alpha value is -3.55. The molecule has 7 nitrogen and oxygen atoms in total. The molecular formula is C22H17F6NO6S. The summed E-state index contributed by atoms with van der Waals surface area (Å²) >= 11 is 0.321. The van der Waals surface area contributed by atoms with E-state index in [-0.39, 0.29) is 5.56 Å². The molecule has 0 aliphatic carbocycles. The number of aromatic hydroxyl groups is 1. The number of thioether (sulfide) groups is 1. The molecule has 36 heavy (non-hydrogen) atoms. The van der Waals surface area contributed by atoms with Gasteiger partial charge in [0.05, 0.1) is 22.3 Å². The lowest BCUT2D eigenvalue weighted by Crippen LogP contribution is -2.44. The van der Waals surface area contributed by atoms with Crippen LogP contribution in [0.4, 0.5) is 26.3 Å². The maximum Gasteiger partial charge on any atom is 0.416 e. The van der Waals surface area contributed by atoms with Crippen LogP contribution in [0.15, 0.2) is 36.4 Å². The van der Waals surface area contributed by atoms with Crippen molar-refractivity contribution in [2.75, 3.05) is 5.75 Å². The van der Waals surface area contributed by atoms with Crippen molar-refractivity contribution in [2.45, 2.75) is 32.2 Å². The summed E-state index contributed by atoms with van der Waals surface area (Å²) in [5, 5.41) is 11.0. The highest BCUT2D eigenvalue weighted by atomic mass is 32.2. The summed E-state index contributed by atoms with van der Waals surface area (Å²) in [6, 6.07) is 1.87. The zero-order valence-corrected chi connectivity index (χ0v) is 19.2. The Balaban J connectivity index is 2.25. The summed E-state index contributed by atoms with van der Waals surface area (Å²) in [6.45, 7) is 2.02. The van der Waals surface area contributed by atoms with E-state index in [0.717, 1.165) is 26.0 Å². The predicted octanol–water partition coefficient (Wildman–Crippen LogP) is 4.62. The number of ether oxygens (including phenoxy) is 1. The standard InChI is InChI=1S/C22H17F6NO6S/c1-10(30)14-5-3-13(22(26,27)28)8-18(14)35-19(33)16(29-11(2)31)9-36-20(34)15-6-4-12(7-17(15)32)21(23,24)25/h3-8,16,32H,9H2,1-2H3,(H,29,31)/t16-/m1/s1. The molecule has 0 unspecified atom stereocenters. The zero-order valence-electron chi connectivity index (χ0n) is 18.4. The van der Waals surface area contributed by atoms with Gasteiger partial charge in [0.1, 0.15) is 17.5 Å². The normalized spacial score (nSPS) is 12.6. The van der Waals surface area contributed by atoms with Crippen LogP contribution >= 0.6 is 11.8 Å². The topological polar surface area (TPSA) is 110 Å². The second-order valence-corrected chi connectivity index (χ2v) is 8.26. The van der Waals surface area contributed by atoms with Crippen LogP contribution in [0.25, 0.3) is 0 Å². The third-order valence-electron chi connectivity index (χ3n) is 4.49. The van der Waals surface area contributed by atoms with E-state index in [4.69, 9.17) is 4.74 Å². The molecule has 0 radical (unpaired) electrons.